The van der Waals surface area contributed by atoms with Crippen LogP contribution in [0.3, 0.4) is 0 Å². The third kappa shape index (κ3) is 4.14. The predicted molar refractivity (Wildman–Crippen MR) is 49.6 cm³/mol. The van der Waals surface area contributed by atoms with Crippen LogP contribution in [0.25, 0.3) is 0 Å². The average Bonchev–Trinajstić information content (AvgIpc) is 2.10. The summed E-state index contributed by atoms with van der Waals surface area (Å²) in [6.07, 6.45) is 4.32. The van der Waals surface area contributed by atoms with Crippen LogP contribution in [0.15, 0.2) is 0 Å². The van der Waals surface area contributed by atoms with E-state index >= 15 is 0 Å². The van der Waals surface area contributed by atoms with Crippen molar-refractivity contribution < 1.29 is 0 Å². The Balaban J connectivity index is 0.000000371. The summed E-state index contributed by atoms with van der Waals surface area (Å²) in [6.45, 7) is 3.18. The lowest BCUT2D eigenvalue weighted by Gasteiger charge is -2.20. The van der Waals surface area contributed by atoms with Gasteiger partial charge >= 0.3 is 0 Å². The minimum atomic E-state index is 0.753. The maximum Gasteiger partial charge on any atom is -0.000845 e. The average molecular weight is 162 g/mol. The summed E-state index contributed by atoms with van der Waals surface area (Å²) >= 11 is 3.53. The number of piperidine rings is 1. The molecule has 1 atom stereocenters. The Morgan fingerprint density at radius 3 is 2.60 bits per heavy atom. The summed E-state index contributed by atoms with van der Waals surface area (Å²) in [5, 5.41) is 3.31. The van der Waals surface area contributed by atoms with Crippen LogP contribution in [0, 0.1) is 5.92 Å². The highest BCUT2D eigenvalue weighted by atomic mass is 32.1. The van der Waals surface area contributed by atoms with Gasteiger partial charge in [-0.25, -0.2) is 0 Å². The summed E-state index contributed by atoms with van der Waals surface area (Å²) in [7, 11) is 0. The molecule has 1 fully saturated rings. The van der Waals surface area contributed by atoms with Gasteiger partial charge in [-0.1, -0.05) is 0 Å². The first-order valence-electron chi connectivity index (χ1n) is 3.79. The molecule has 0 saturated carbocycles. The molecule has 0 amide bonds. The molecule has 0 radical (unpaired) electrons. The molecule has 3 N–H and O–H groups in total. The van der Waals surface area contributed by atoms with Crippen LogP contribution in [0.5, 0.6) is 0 Å². The zero-order valence-corrected chi connectivity index (χ0v) is 7.53. The Labute approximate surface area is 69.0 Å². The maximum atomic E-state index is 5.46. The van der Waals surface area contributed by atoms with Gasteiger partial charge in [0.2, 0.25) is 0 Å². The van der Waals surface area contributed by atoms with Gasteiger partial charge in [0.1, 0.15) is 0 Å². The molecule has 2 nitrogen and oxygen atoms in total. The van der Waals surface area contributed by atoms with Crippen molar-refractivity contribution in [2.24, 2.45) is 11.7 Å². The first-order valence-corrected chi connectivity index (χ1v) is 4.68. The van der Waals surface area contributed by atoms with Crippen molar-refractivity contribution in [2.45, 2.75) is 12.8 Å². The number of hydrogen-bond donors (Lipinski definition) is 3. The first-order chi connectivity index (χ1) is 4.93. The summed E-state index contributed by atoms with van der Waals surface area (Å²) in [5.41, 5.74) is 5.46. The van der Waals surface area contributed by atoms with E-state index in [1.807, 2.05) is 0 Å². The molecule has 0 aromatic heterocycles. The van der Waals surface area contributed by atoms with Gasteiger partial charge in [0.25, 0.3) is 0 Å². The van der Waals surface area contributed by atoms with E-state index in [1.54, 1.807) is 6.26 Å². The highest BCUT2D eigenvalue weighted by molar-refractivity contribution is 7.79. The predicted octanol–water partition coefficient (Wildman–Crippen LogP) is 0.491. The molecule has 0 bridgehead atoms. The molecule has 10 heavy (non-hydrogen) atoms. The van der Waals surface area contributed by atoms with Crippen molar-refractivity contribution in [2.75, 3.05) is 25.9 Å². The monoisotopic (exact) mass is 162 g/mol. The molecule has 1 aliphatic heterocycles. The van der Waals surface area contributed by atoms with Crippen molar-refractivity contribution in [3.8, 4) is 0 Å². The third-order valence-corrected chi connectivity index (χ3v) is 1.73. The van der Waals surface area contributed by atoms with Gasteiger partial charge in [-0.3, -0.25) is 0 Å². The van der Waals surface area contributed by atoms with Gasteiger partial charge in [0.15, 0.2) is 0 Å². The molecular formula is C7H18N2S. The van der Waals surface area contributed by atoms with Crippen molar-refractivity contribution in [3.63, 3.8) is 0 Å². The molecule has 1 heterocycles. The normalized spacial score (nSPS) is 24.9. The van der Waals surface area contributed by atoms with Gasteiger partial charge in [-0.05, 0) is 44.6 Å². The van der Waals surface area contributed by atoms with Crippen LogP contribution in [-0.2, 0) is 0 Å². The zero-order chi connectivity index (χ0) is 7.82. The Morgan fingerprint density at radius 2 is 2.30 bits per heavy atom. The van der Waals surface area contributed by atoms with Gasteiger partial charge in [0, 0.05) is 0 Å². The van der Waals surface area contributed by atoms with E-state index < -0.39 is 0 Å². The zero-order valence-electron chi connectivity index (χ0n) is 6.64. The third-order valence-electron chi connectivity index (χ3n) is 1.73. The second-order valence-electron chi connectivity index (χ2n) is 2.45. The van der Waals surface area contributed by atoms with E-state index in [0.717, 1.165) is 19.0 Å². The minimum Gasteiger partial charge on any atom is -0.330 e. The summed E-state index contributed by atoms with van der Waals surface area (Å²) < 4.78 is 0. The molecule has 1 rings (SSSR count). The number of hydrogen-bond acceptors (Lipinski definition) is 3. The van der Waals surface area contributed by atoms with Crippen molar-refractivity contribution in [3.05, 3.63) is 0 Å². The fraction of sp³-hybridized carbons (Fsp3) is 1.00. The Morgan fingerprint density at radius 1 is 1.60 bits per heavy atom. The number of nitrogens with two attached hydrogens (primary N) is 1. The quantitative estimate of drug-likeness (QED) is 0.491. The molecule has 0 spiro atoms. The molecule has 1 unspecified atom stereocenters. The van der Waals surface area contributed by atoms with Crippen molar-refractivity contribution >= 4 is 12.6 Å². The van der Waals surface area contributed by atoms with Crippen LogP contribution in [0.1, 0.15) is 12.8 Å². The number of nitrogens with one attached hydrogen (secondary N) is 1. The first kappa shape index (κ1) is 10.3. The molecule has 0 aromatic carbocycles. The van der Waals surface area contributed by atoms with Crippen LogP contribution >= 0.6 is 12.6 Å². The van der Waals surface area contributed by atoms with E-state index in [2.05, 4.69) is 17.9 Å². The van der Waals surface area contributed by atoms with Gasteiger partial charge in [-0.2, -0.15) is 12.6 Å². The van der Waals surface area contributed by atoms with Crippen LogP contribution < -0.4 is 11.1 Å². The topological polar surface area (TPSA) is 38.0 Å². The second-order valence-corrected chi connectivity index (χ2v) is 2.45. The largest absolute Gasteiger partial charge is 0.330 e. The minimum absolute atomic E-state index is 0.753. The Hall–Kier alpha value is 0.270. The lowest BCUT2D eigenvalue weighted by Crippen LogP contribution is -2.33. The highest BCUT2D eigenvalue weighted by Crippen LogP contribution is 2.06. The Bertz CT molecular complexity index is 62.6. The number of rotatable bonds is 1. The molecular weight excluding hydrogens is 144 g/mol. The molecule has 1 saturated heterocycles. The maximum absolute atomic E-state index is 5.46. The van der Waals surface area contributed by atoms with Crippen LogP contribution in [-0.4, -0.2) is 25.9 Å². The van der Waals surface area contributed by atoms with Crippen molar-refractivity contribution in [1.29, 1.82) is 0 Å². The van der Waals surface area contributed by atoms with Gasteiger partial charge < -0.3 is 11.1 Å². The van der Waals surface area contributed by atoms with E-state index in [1.165, 1.54) is 19.4 Å². The fourth-order valence-electron chi connectivity index (χ4n) is 1.13. The lowest BCUT2D eigenvalue weighted by atomic mass is 10.0. The van der Waals surface area contributed by atoms with E-state index in [9.17, 15) is 0 Å². The summed E-state index contributed by atoms with van der Waals surface area (Å²) in [4.78, 5) is 0. The molecule has 1 aliphatic rings. The lowest BCUT2D eigenvalue weighted by molar-refractivity contribution is 0.385. The fourth-order valence-corrected chi connectivity index (χ4v) is 1.13. The van der Waals surface area contributed by atoms with Gasteiger partial charge in [0.05, 0.1) is 0 Å². The SMILES string of the molecule is CS.NCC1CCCNC1. The summed E-state index contributed by atoms with van der Waals surface area (Å²) in [5.74, 6) is 0.753. The molecule has 0 aromatic rings. The standard InChI is InChI=1S/C6H14N2.CH4S/c7-4-6-2-1-3-8-5-6;1-2/h6,8H,1-5,7H2;2H,1H3. The smallest absolute Gasteiger partial charge is 0.000845 e. The van der Waals surface area contributed by atoms with E-state index in [4.69, 9.17) is 5.73 Å². The van der Waals surface area contributed by atoms with Gasteiger partial charge in [-0.15, -0.1) is 0 Å². The number of thiol groups is 1. The second kappa shape index (κ2) is 7.38. The van der Waals surface area contributed by atoms with E-state index in [-0.39, 0.29) is 0 Å². The molecule has 0 aliphatic carbocycles. The highest BCUT2D eigenvalue weighted by Gasteiger charge is 2.09. The van der Waals surface area contributed by atoms with E-state index in [0.29, 0.717) is 0 Å². The molecule has 62 valence electrons. The van der Waals surface area contributed by atoms with Crippen molar-refractivity contribution in [1.82, 2.24) is 5.32 Å². The molecule has 3 heteroatoms. The summed E-state index contributed by atoms with van der Waals surface area (Å²) in [6, 6.07) is 0. The Kier molecular flexibility index (Phi) is 7.58. The van der Waals surface area contributed by atoms with Crippen LogP contribution in [0.4, 0.5) is 0 Å². The van der Waals surface area contributed by atoms with Crippen LogP contribution in [0.2, 0.25) is 0 Å².